The van der Waals surface area contributed by atoms with Crippen LogP contribution in [-0.2, 0) is 12.8 Å². The van der Waals surface area contributed by atoms with Gasteiger partial charge in [0.25, 0.3) is 0 Å². The second-order valence-corrected chi connectivity index (χ2v) is 6.21. The number of benzene rings is 2. The number of halogens is 3. The summed E-state index contributed by atoms with van der Waals surface area (Å²) in [7, 11) is 0. The van der Waals surface area contributed by atoms with E-state index in [1.54, 1.807) is 12.1 Å². The molecule has 0 heterocycles. The molecule has 0 radical (unpaired) electrons. The highest BCUT2D eigenvalue weighted by atomic mass is 79.9. The molecule has 0 bridgehead atoms. The summed E-state index contributed by atoms with van der Waals surface area (Å²) in [6.45, 7) is 0. The lowest BCUT2D eigenvalue weighted by atomic mass is 10.0. The van der Waals surface area contributed by atoms with Crippen LogP contribution in [0.25, 0.3) is 0 Å². The van der Waals surface area contributed by atoms with Crippen molar-refractivity contribution in [1.82, 2.24) is 0 Å². The predicted molar refractivity (Wildman–Crippen MR) is 81.7 cm³/mol. The Hall–Kier alpha value is -0.710. The fourth-order valence-electron chi connectivity index (χ4n) is 1.90. The molecule has 1 N–H and O–H groups in total. The predicted octanol–water partition coefficient (Wildman–Crippen LogP) is 4.50. The Morgan fingerprint density at radius 2 is 1.53 bits per heavy atom. The van der Waals surface area contributed by atoms with E-state index in [1.165, 1.54) is 6.07 Å². The van der Waals surface area contributed by atoms with Gasteiger partial charge in [-0.3, -0.25) is 0 Å². The molecule has 0 aliphatic rings. The number of rotatable bonds is 4. The first kappa shape index (κ1) is 14.7. The van der Waals surface area contributed by atoms with Crippen LogP contribution in [0.3, 0.4) is 0 Å². The summed E-state index contributed by atoms with van der Waals surface area (Å²) in [5.41, 5.74) is 2.00. The minimum Gasteiger partial charge on any atom is -0.392 e. The van der Waals surface area contributed by atoms with Gasteiger partial charge in [0.2, 0.25) is 0 Å². The van der Waals surface area contributed by atoms with E-state index in [1.807, 2.05) is 24.3 Å². The second kappa shape index (κ2) is 6.64. The molecule has 0 aliphatic carbocycles. The summed E-state index contributed by atoms with van der Waals surface area (Å²) >= 11 is 6.53. The number of aliphatic hydroxyl groups excluding tert-OH is 1. The Morgan fingerprint density at radius 3 is 2.16 bits per heavy atom. The van der Waals surface area contributed by atoms with Gasteiger partial charge in [-0.1, -0.05) is 34.1 Å². The van der Waals surface area contributed by atoms with E-state index in [0.717, 1.165) is 15.6 Å². The SMILES string of the molecule is OC(Cc1ccc(Br)cc1)Cc1ccc(F)c(Br)c1. The third-order valence-corrected chi connectivity index (χ3v) is 3.98. The van der Waals surface area contributed by atoms with E-state index in [2.05, 4.69) is 31.9 Å². The maximum absolute atomic E-state index is 13.1. The number of hydrogen-bond donors (Lipinski definition) is 1. The zero-order valence-corrected chi connectivity index (χ0v) is 13.3. The Labute approximate surface area is 128 Å². The summed E-state index contributed by atoms with van der Waals surface area (Å²) in [6, 6.07) is 12.7. The normalized spacial score (nSPS) is 12.4. The quantitative estimate of drug-likeness (QED) is 0.818. The fourth-order valence-corrected chi connectivity index (χ4v) is 2.59. The third kappa shape index (κ3) is 4.41. The van der Waals surface area contributed by atoms with Crippen LogP contribution in [0.15, 0.2) is 51.4 Å². The minimum absolute atomic E-state index is 0.286. The van der Waals surface area contributed by atoms with Crippen LogP contribution in [0.2, 0.25) is 0 Å². The molecule has 100 valence electrons. The highest BCUT2D eigenvalue weighted by Crippen LogP contribution is 2.19. The topological polar surface area (TPSA) is 20.2 Å². The highest BCUT2D eigenvalue weighted by molar-refractivity contribution is 9.10. The van der Waals surface area contributed by atoms with Gasteiger partial charge < -0.3 is 5.11 Å². The molecule has 2 rings (SSSR count). The molecule has 1 unspecified atom stereocenters. The molecule has 0 saturated heterocycles. The average Bonchev–Trinajstić information content (AvgIpc) is 2.37. The molecule has 0 aromatic heterocycles. The largest absolute Gasteiger partial charge is 0.392 e. The van der Waals surface area contributed by atoms with Crippen molar-refractivity contribution in [2.75, 3.05) is 0 Å². The van der Waals surface area contributed by atoms with E-state index >= 15 is 0 Å². The van der Waals surface area contributed by atoms with E-state index in [-0.39, 0.29) is 5.82 Å². The van der Waals surface area contributed by atoms with Crippen LogP contribution in [0.4, 0.5) is 4.39 Å². The highest BCUT2D eigenvalue weighted by Gasteiger charge is 2.08. The van der Waals surface area contributed by atoms with Crippen molar-refractivity contribution in [3.63, 3.8) is 0 Å². The van der Waals surface area contributed by atoms with Gasteiger partial charge in [0, 0.05) is 4.47 Å². The molecule has 19 heavy (non-hydrogen) atoms. The van der Waals surface area contributed by atoms with Crippen molar-refractivity contribution in [2.45, 2.75) is 18.9 Å². The molecule has 0 saturated carbocycles. The molecule has 2 aromatic rings. The van der Waals surface area contributed by atoms with Crippen LogP contribution in [0.1, 0.15) is 11.1 Å². The Balaban J connectivity index is 1.98. The molecule has 0 amide bonds. The van der Waals surface area contributed by atoms with Crippen molar-refractivity contribution in [3.05, 3.63) is 68.4 Å². The van der Waals surface area contributed by atoms with Crippen LogP contribution < -0.4 is 0 Å². The molecule has 0 fully saturated rings. The van der Waals surface area contributed by atoms with Gasteiger partial charge in [0.05, 0.1) is 10.6 Å². The Kier molecular flexibility index (Phi) is 5.13. The van der Waals surface area contributed by atoms with Gasteiger partial charge >= 0.3 is 0 Å². The summed E-state index contributed by atoms with van der Waals surface area (Å²) in [6.07, 6.45) is 0.621. The van der Waals surface area contributed by atoms with Crippen molar-refractivity contribution in [3.8, 4) is 0 Å². The Bertz CT molecular complexity index is 555. The lowest BCUT2D eigenvalue weighted by Gasteiger charge is -2.11. The molecule has 2 aromatic carbocycles. The van der Waals surface area contributed by atoms with Gasteiger partial charge in [-0.25, -0.2) is 4.39 Å². The maximum Gasteiger partial charge on any atom is 0.137 e. The zero-order valence-electron chi connectivity index (χ0n) is 10.1. The van der Waals surface area contributed by atoms with E-state index in [9.17, 15) is 9.50 Å². The van der Waals surface area contributed by atoms with Crippen LogP contribution in [-0.4, -0.2) is 11.2 Å². The van der Waals surface area contributed by atoms with Crippen molar-refractivity contribution in [1.29, 1.82) is 0 Å². The average molecular weight is 388 g/mol. The molecular formula is C15H13Br2FO. The molecule has 4 heteroatoms. The van der Waals surface area contributed by atoms with Gasteiger partial charge in [0.15, 0.2) is 0 Å². The molecule has 0 aliphatic heterocycles. The summed E-state index contributed by atoms with van der Waals surface area (Å²) in [5, 5.41) is 10.1. The zero-order chi connectivity index (χ0) is 13.8. The lowest BCUT2D eigenvalue weighted by molar-refractivity contribution is 0.175. The van der Waals surface area contributed by atoms with E-state index in [4.69, 9.17) is 0 Å². The van der Waals surface area contributed by atoms with Crippen LogP contribution >= 0.6 is 31.9 Å². The summed E-state index contributed by atoms with van der Waals surface area (Å²) in [5.74, 6) is -0.286. The fraction of sp³-hybridized carbons (Fsp3) is 0.200. The first-order valence-electron chi connectivity index (χ1n) is 5.91. The minimum atomic E-state index is -0.474. The van der Waals surface area contributed by atoms with Crippen LogP contribution in [0.5, 0.6) is 0 Å². The molecule has 0 spiro atoms. The maximum atomic E-state index is 13.1. The van der Waals surface area contributed by atoms with Gasteiger partial charge in [-0.05, 0) is 64.2 Å². The van der Waals surface area contributed by atoms with Gasteiger partial charge in [0.1, 0.15) is 5.82 Å². The van der Waals surface area contributed by atoms with Crippen molar-refractivity contribution < 1.29 is 9.50 Å². The Morgan fingerprint density at radius 1 is 0.947 bits per heavy atom. The number of aliphatic hydroxyl groups is 1. The molecular weight excluding hydrogens is 375 g/mol. The van der Waals surface area contributed by atoms with E-state index in [0.29, 0.717) is 17.3 Å². The third-order valence-electron chi connectivity index (χ3n) is 2.84. The first-order chi connectivity index (χ1) is 9.04. The molecule has 1 nitrogen and oxygen atoms in total. The lowest BCUT2D eigenvalue weighted by Crippen LogP contribution is -2.13. The smallest absolute Gasteiger partial charge is 0.137 e. The van der Waals surface area contributed by atoms with Gasteiger partial charge in [-0.15, -0.1) is 0 Å². The second-order valence-electron chi connectivity index (χ2n) is 4.44. The van der Waals surface area contributed by atoms with Gasteiger partial charge in [-0.2, -0.15) is 0 Å². The van der Waals surface area contributed by atoms with Crippen LogP contribution in [0, 0.1) is 5.82 Å². The standard InChI is InChI=1S/C15H13Br2FO/c16-12-4-1-10(2-5-12)7-13(19)8-11-3-6-15(18)14(17)9-11/h1-6,9,13,19H,7-8H2. The van der Waals surface area contributed by atoms with E-state index < -0.39 is 6.10 Å². The monoisotopic (exact) mass is 386 g/mol. The summed E-state index contributed by atoms with van der Waals surface area (Å²) < 4.78 is 14.6. The van der Waals surface area contributed by atoms with Crippen molar-refractivity contribution >= 4 is 31.9 Å². The molecule has 1 atom stereocenters. The van der Waals surface area contributed by atoms with Crippen molar-refractivity contribution in [2.24, 2.45) is 0 Å². The first-order valence-corrected chi connectivity index (χ1v) is 7.49. The number of hydrogen-bond acceptors (Lipinski definition) is 1. The summed E-state index contributed by atoms with van der Waals surface area (Å²) in [4.78, 5) is 0.